The van der Waals surface area contributed by atoms with Crippen molar-refractivity contribution in [3.63, 3.8) is 0 Å². The summed E-state index contributed by atoms with van der Waals surface area (Å²) in [4.78, 5) is 18.2. The highest BCUT2D eigenvalue weighted by Crippen LogP contribution is 2.32. The number of likely N-dealkylation sites (tertiary alicyclic amines) is 1. The Bertz CT molecular complexity index is 1340. The number of allylic oxidation sites excluding steroid dienone is 6. The van der Waals surface area contributed by atoms with Crippen molar-refractivity contribution in [3.05, 3.63) is 83.1 Å². The van der Waals surface area contributed by atoms with Gasteiger partial charge in [0.15, 0.2) is 0 Å². The number of sulfonamides is 1. The van der Waals surface area contributed by atoms with Gasteiger partial charge in [0.2, 0.25) is 10.0 Å². The van der Waals surface area contributed by atoms with Crippen LogP contribution in [-0.2, 0) is 14.8 Å². The van der Waals surface area contributed by atoms with E-state index in [0.29, 0.717) is 30.1 Å². The van der Waals surface area contributed by atoms with Gasteiger partial charge in [-0.15, -0.1) is 0 Å². The molecule has 9 heteroatoms. The van der Waals surface area contributed by atoms with Crippen LogP contribution in [0.4, 0.5) is 5.69 Å². The molecule has 0 spiro atoms. The van der Waals surface area contributed by atoms with Gasteiger partial charge in [0.1, 0.15) is 0 Å². The lowest BCUT2D eigenvalue weighted by atomic mass is 9.87. The number of nitrogens with zero attached hydrogens (tertiary/aromatic N) is 3. The van der Waals surface area contributed by atoms with Crippen molar-refractivity contribution in [2.75, 3.05) is 51.7 Å². The highest BCUT2D eigenvalue weighted by atomic mass is 32.2. The Morgan fingerprint density at radius 3 is 2.27 bits per heavy atom. The Kier molecular flexibility index (Phi) is 8.93. The van der Waals surface area contributed by atoms with Crippen LogP contribution in [0.1, 0.15) is 38.5 Å². The second-order valence-corrected chi connectivity index (χ2v) is 13.0. The molecule has 8 nitrogen and oxygen atoms in total. The number of fused-ring (bicyclic) bond motifs is 1. The van der Waals surface area contributed by atoms with Crippen molar-refractivity contribution in [1.82, 2.24) is 20.1 Å². The minimum absolute atomic E-state index is 0.0658. The Balaban J connectivity index is 1.35. The summed E-state index contributed by atoms with van der Waals surface area (Å²) in [6.07, 6.45) is 18.1. The molecular formula is C31H41N5O3S. The van der Waals surface area contributed by atoms with Crippen LogP contribution in [0, 0.1) is 5.92 Å². The zero-order chi connectivity index (χ0) is 28.1. The number of anilines is 1. The first-order chi connectivity index (χ1) is 19.3. The van der Waals surface area contributed by atoms with Gasteiger partial charge in [-0.05, 0) is 73.1 Å². The summed E-state index contributed by atoms with van der Waals surface area (Å²) in [5.74, 6) is 0.272. The van der Waals surface area contributed by atoms with Gasteiger partial charge in [0, 0.05) is 52.5 Å². The molecule has 2 bridgehead atoms. The van der Waals surface area contributed by atoms with Crippen molar-refractivity contribution in [1.29, 1.82) is 0 Å². The molecule has 4 aliphatic rings. The zero-order valence-corrected chi connectivity index (χ0v) is 24.4. The largest absolute Gasteiger partial charge is 0.378 e. The number of carbonyl (C=O) groups excluding carboxylic acids is 1. The lowest BCUT2D eigenvalue weighted by molar-refractivity contribution is -0.126. The van der Waals surface area contributed by atoms with E-state index in [2.05, 4.69) is 23.0 Å². The van der Waals surface area contributed by atoms with Gasteiger partial charge in [-0.2, -0.15) is 4.31 Å². The molecule has 0 saturated carbocycles. The van der Waals surface area contributed by atoms with Crippen LogP contribution in [0.15, 0.2) is 88.0 Å². The summed E-state index contributed by atoms with van der Waals surface area (Å²) in [6.45, 7) is 3.11. The number of piperidine rings is 1. The van der Waals surface area contributed by atoms with E-state index in [4.69, 9.17) is 0 Å². The molecule has 40 heavy (non-hydrogen) atoms. The van der Waals surface area contributed by atoms with Crippen LogP contribution in [0.25, 0.3) is 0 Å². The van der Waals surface area contributed by atoms with E-state index in [1.165, 1.54) is 12.8 Å². The van der Waals surface area contributed by atoms with E-state index in [9.17, 15) is 13.2 Å². The molecule has 3 heterocycles. The summed E-state index contributed by atoms with van der Waals surface area (Å²) in [5, 5.41) is 0. The number of benzene rings is 1. The number of hydrogen-bond acceptors (Lipinski definition) is 6. The maximum Gasteiger partial charge on any atom is 0.256 e. The van der Waals surface area contributed by atoms with Crippen LogP contribution < -0.4 is 15.8 Å². The molecular weight excluding hydrogens is 522 g/mol. The van der Waals surface area contributed by atoms with E-state index in [1.807, 2.05) is 60.3 Å². The number of hydrogen-bond donors (Lipinski definition) is 2. The van der Waals surface area contributed by atoms with Gasteiger partial charge >= 0.3 is 0 Å². The van der Waals surface area contributed by atoms with E-state index >= 15 is 0 Å². The Labute approximate surface area is 238 Å². The van der Waals surface area contributed by atoms with Gasteiger partial charge in [0.25, 0.3) is 5.91 Å². The topological polar surface area (TPSA) is 85.0 Å². The summed E-state index contributed by atoms with van der Waals surface area (Å²) in [5.41, 5.74) is 11.0. The maximum atomic E-state index is 13.9. The molecule has 1 amide bonds. The normalized spacial score (nSPS) is 21.3. The zero-order valence-electron chi connectivity index (χ0n) is 23.6. The van der Waals surface area contributed by atoms with Gasteiger partial charge in [0.05, 0.1) is 16.2 Å². The number of hydrazine groups is 1. The number of amides is 1. The van der Waals surface area contributed by atoms with Gasteiger partial charge in [-0.1, -0.05) is 43.2 Å². The molecule has 2 N–H and O–H groups in total. The van der Waals surface area contributed by atoms with Crippen LogP contribution in [0.5, 0.6) is 0 Å². The number of rotatable bonds is 5. The molecule has 0 aromatic heterocycles. The fraction of sp³-hybridized carbons (Fsp3) is 0.452. The van der Waals surface area contributed by atoms with E-state index in [-0.39, 0.29) is 11.8 Å². The summed E-state index contributed by atoms with van der Waals surface area (Å²) < 4.78 is 28.4. The third kappa shape index (κ3) is 6.27. The maximum absolute atomic E-state index is 13.9. The number of nitrogens with one attached hydrogen (secondary N) is 2. The van der Waals surface area contributed by atoms with Crippen LogP contribution in [0.2, 0.25) is 0 Å². The quantitative estimate of drug-likeness (QED) is 0.566. The summed E-state index contributed by atoms with van der Waals surface area (Å²) in [6, 6.07) is 7.08. The Morgan fingerprint density at radius 1 is 0.925 bits per heavy atom. The van der Waals surface area contributed by atoms with Gasteiger partial charge in [-0.3, -0.25) is 4.79 Å². The second kappa shape index (κ2) is 12.6. The fourth-order valence-corrected chi connectivity index (χ4v) is 7.33. The molecule has 2 saturated heterocycles. The van der Waals surface area contributed by atoms with Crippen molar-refractivity contribution >= 4 is 21.6 Å². The van der Waals surface area contributed by atoms with Crippen LogP contribution >= 0.6 is 0 Å². The average molecular weight is 564 g/mol. The molecule has 0 unspecified atom stereocenters. The minimum atomic E-state index is -3.55. The molecule has 1 aromatic carbocycles. The Morgan fingerprint density at radius 2 is 1.60 bits per heavy atom. The van der Waals surface area contributed by atoms with E-state index in [1.54, 1.807) is 16.4 Å². The van der Waals surface area contributed by atoms with Crippen LogP contribution in [-0.4, -0.2) is 70.3 Å². The third-order valence-corrected chi connectivity index (χ3v) is 10.1. The van der Waals surface area contributed by atoms with Crippen LogP contribution in [0.3, 0.4) is 0 Å². The first-order valence-corrected chi connectivity index (χ1v) is 15.9. The predicted octanol–water partition coefficient (Wildman–Crippen LogP) is 3.90. The van der Waals surface area contributed by atoms with Crippen molar-refractivity contribution in [2.24, 2.45) is 5.92 Å². The lowest BCUT2D eigenvalue weighted by Gasteiger charge is -2.32. The molecule has 5 rings (SSSR count). The summed E-state index contributed by atoms with van der Waals surface area (Å²) in [7, 11) is 0.324. The van der Waals surface area contributed by atoms with Crippen molar-refractivity contribution < 1.29 is 13.2 Å². The van der Waals surface area contributed by atoms with E-state index in [0.717, 1.165) is 61.3 Å². The van der Waals surface area contributed by atoms with Crippen molar-refractivity contribution in [3.8, 4) is 0 Å². The minimum Gasteiger partial charge on any atom is -0.378 e. The number of carbonyl (C=O) groups is 1. The summed E-state index contributed by atoms with van der Waals surface area (Å²) >= 11 is 0. The molecule has 0 radical (unpaired) electrons. The molecule has 3 aliphatic heterocycles. The first kappa shape index (κ1) is 28.4. The standard InChI is InChI=1S/C31H41N5O3S/c1-34(2)27-11-13-28(14-12-27)40(38,39)36-21-16-24(17-22-36)25-15-18-32-33-29-10-6-5-9-26(23-25)30(29)31(37)35-19-7-3-4-8-20-35/h5-6,9-15,23-24,32-33H,3-4,7-8,16-22H2,1-2H3. The van der Waals surface area contributed by atoms with Crippen molar-refractivity contribution in [2.45, 2.75) is 43.4 Å². The third-order valence-electron chi connectivity index (χ3n) is 8.22. The van der Waals surface area contributed by atoms with E-state index < -0.39 is 10.0 Å². The highest BCUT2D eigenvalue weighted by Gasteiger charge is 2.31. The predicted molar refractivity (Wildman–Crippen MR) is 160 cm³/mol. The molecule has 214 valence electrons. The smallest absolute Gasteiger partial charge is 0.256 e. The first-order valence-electron chi connectivity index (χ1n) is 14.4. The monoisotopic (exact) mass is 563 g/mol. The van der Waals surface area contributed by atoms with Gasteiger partial charge < -0.3 is 15.2 Å². The molecule has 2 fully saturated rings. The Hall–Kier alpha value is -3.14. The molecule has 1 aromatic rings. The highest BCUT2D eigenvalue weighted by molar-refractivity contribution is 7.89. The molecule has 1 aliphatic carbocycles. The molecule has 0 atom stereocenters. The fourth-order valence-electron chi connectivity index (χ4n) is 5.86. The van der Waals surface area contributed by atoms with Gasteiger partial charge in [-0.25, -0.2) is 13.8 Å². The second-order valence-electron chi connectivity index (χ2n) is 11.1. The SMILES string of the molecule is CN(C)c1ccc(S(=O)(=O)N2CCC(C3=CCNNC4=C(C(=O)N5CCCCCC5)C(=C3)C=CC=C4)CC2)cc1. The average Bonchev–Trinajstić information content (AvgIpc) is 3.32. The lowest BCUT2D eigenvalue weighted by Crippen LogP contribution is -2.38.